The summed E-state index contributed by atoms with van der Waals surface area (Å²) >= 11 is 0. The standard InChI is InChI=1S/C23H28N4O3/c1-17-8-10-20(11-9-17)24-21(28)16-26(2)22(29)18-12-14-27(15-13-18)23(30)25-19-6-4-3-5-7-19/h3-11,18H,12-16H2,1-2H3,(H,24,28)(H,25,30). The lowest BCUT2D eigenvalue weighted by molar-refractivity contribution is -0.138. The fourth-order valence-electron chi connectivity index (χ4n) is 3.50. The summed E-state index contributed by atoms with van der Waals surface area (Å²) in [5, 5.41) is 5.68. The lowest BCUT2D eigenvalue weighted by atomic mass is 9.95. The molecule has 0 unspecified atom stereocenters. The molecule has 7 nitrogen and oxygen atoms in total. The number of nitrogens with one attached hydrogen (secondary N) is 2. The Bertz CT molecular complexity index is 875. The van der Waals surface area contributed by atoms with Gasteiger partial charge in [0.05, 0.1) is 6.54 Å². The molecule has 4 amide bonds. The lowest BCUT2D eigenvalue weighted by Gasteiger charge is -2.33. The zero-order valence-electron chi connectivity index (χ0n) is 17.4. The molecule has 1 aliphatic rings. The summed E-state index contributed by atoms with van der Waals surface area (Å²) in [5.74, 6) is -0.463. The quantitative estimate of drug-likeness (QED) is 0.796. The number of anilines is 2. The van der Waals surface area contributed by atoms with Gasteiger partial charge in [-0.15, -0.1) is 0 Å². The van der Waals surface area contributed by atoms with Crippen LogP contribution in [0.2, 0.25) is 0 Å². The topological polar surface area (TPSA) is 81.8 Å². The number of aryl methyl sites for hydroxylation is 1. The molecule has 0 atom stereocenters. The fraction of sp³-hybridized carbons (Fsp3) is 0.348. The molecule has 0 bridgehead atoms. The van der Waals surface area contributed by atoms with Gasteiger partial charge in [-0.2, -0.15) is 0 Å². The van der Waals surface area contributed by atoms with Crippen molar-refractivity contribution in [3.63, 3.8) is 0 Å². The van der Waals surface area contributed by atoms with Gasteiger partial charge in [-0.1, -0.05) is 35.9 Å². The minimum absolute atomic E-state index is 0.00141. The molecule has 0 saturated carbocycles. The van der Waals surface area contributed by atoms with Crippen LogP contribution in [0.25, 0.3) is 0 Å². The highest BCUT2D eigenvalue weighted by molar-refractivity contribution is 5.95. The van der Waals surface area contributed by atoms with Crippen molar-refractivity contribution in [2.45, 2.75) is 19.8 Å². The number of hydrogen-bond acceptors (Lipinski definition) is 3. The molecule has 158 valence electrons. The van der Waals surface area contributed by atoms with Gasteiger partial charge in [-0.05, 0) is 44.0 Å². The van der Waals surface area contributed by atoms with Gasteiger partial charge >= 0.3 is 6.03 Å². The molecular formula is C23H28N4O3. The molecule has 7 heteroatoms. The van der Waals surface area contributed by atoms with Crippen LogP contribution >= 0.6 is 0 Å². The highest BCUT2D eigenvalue weighted by atomic mass is 16.2. The first kappa shape index (κ1) is 21.4. The number of benzene rings is 2. The molecule has 2 aromatic carbocycles. The first-order valence-corrected chi connectivity index (χ1v) is 10.1. The number of amides is 4. The van der Waals surface area contributed by atoms with Crippen molar-refractivity contribution >= 4 is 29.2 Å². The zero-order valence-corrected chi connectivity index (χ0v) is 17.4. The third-order valence-corrected chi connectivity index (χ3v) is 5.25. The van der Waals surface area contributed by atoms with Crippen LogP contribution in [0.5, 0.6) is 0 Å². The Labute approximate surface area is 177 Å². The van der Waals surface area contributed by atoms with E-state index in [1.807, 2.05) is 61.5 Å². The van der Waals surface area contributed by atoms with Crippen LogP contribution in [0.3, 0.4) is 0 Å². The number of para-hydroxylation sites is 1. The highest BCUT2D eigenvalue weighted by Gasteiger charge is 2.29. The highest BCUT2D eigenvalue weighted by Crippen LogP contribution is 2.20. The van der Waals surface area contributed by atoms with Gasteiger partial charge in [0.25, 0.3) is 0 Å². The summed E-state index contributed by atoms with van der Waals surface area (Å²) in [7, 11) is 1.64. The van der Waals surface area contributed by atoms with Crippen molar-refractivity contribution in [1.82, 2.24) is 9.80 Å². The van der Waals surface area contributed by atoms with Crippen molar-refractivity contribution < 1.29 is 14.4 Å². The number of hydrogen-bond donors (Lipinski definition) is 2. The van der Waals surface area contributed by atoms with Crippen LogP contribution in [0.1, 0.15) is 18.4 Å². The van der Waals surface area contributed by atoms with Crippen LogP contribution < -0.4 is 10.6 Å². The van der Waals surface area contributed by atoms with E-state index >= 15 is 0 Å². The molecule has 0 aliphatic carbocycles. The van der Waals surface area contributed by atoms with Crippen molar-refractivity contribution in [2.24, 2.45) is 5.92 Å². The Hall–Kier alpha value is -3.35. The second-order valence-corrected chi connectivity index (χ2v) is 7.67. The Morgan fingerprint density at radius 1 is 0.933 bits per heavy atom. The van der Waals surface area contributed by atoms with Crippen LogP contribution in [0.4, 0.5) is 16.2 Å². The molecule has 0 radical (unpaired) electrons. The Morgan fingerprint density at radius 2 is 1.53 bits per heavy atom. The molecule has 1 fully saturated rings. The molecule has 30 heavy (non-hydrogen) atoms. The molecule has 1 saturated heterocycles. The molecular weight excluding hydrogens is 380 g/mol. The SMILES string of the molecule is Cc1ccc(NC(=O)CN(C)C(=O)C2CCN(C(=O)Nc3ccccc3)CC2)cc1. The Kier molecular flexibility index (Phi) is 7.06. The molecule has 0 spiro atoms. The Morgan fingerprint density at radius 3 is 2.17 bits per heavy atom. The van der Waals surface area contributed by atoms with Gasteiger partial charge in [0.1, 0.15) is 0 Å². The number of likely N-dealkylation sites (N-methyl/N-ethyl adjacent to an activating group) is 1. The van der Waals surface area contributed by atoms with Crippen LogP contribution in [-0.2, 0) is 9.59 Å². The molecule has 1 aliphatic heterocycles. The number of likely N-dealkylation sites (tertiary alicyclic amines) is 1. The average molecular weight is 409 g/mol. The molecule has 2 N–H and O–H groups in total. The molecule has 0 aromatic heterocycles. The first-order valence-electron chi connectivity index (χ1n) is 10.1. The molecule has 1 heterocycles. The van der Waals surface area contributed by atoms with Crippen molar-refractivity contribution in [2.75, 3.05) is 37.3 Å². The largest absolute Gasteiger partial charge is 0.336 e. The minimum atomic E-state index is -0.227. The second-order valence-electron chi connectivity index (χ2n) is 7.67. The first-order chi connectivity index (χ1) is 14.4. The molecule has 3 rings (SSSR count). The van der Waals surface area contributed by atoms with Gasteiger partial charge in [-0.25, -0.2) is 4.79 Å². The van der Waals surface area contributed by atoms with Gasteiger partial charge in [0, 0.05) is 37.4 Å². The van der Waals surface area contributed by atoms with Gasteiger partial charge in [0.2, 0.25) is 11.8 Å². The third-order valence-electron chi connectivity index (χ3n) is 5.25. The van der Waals surface area contributed by atoms with E-state index in [0.29, 0.717) is 31.6 Å². The number of nitrogens with zero attached hydrogens (tertiary/aromatic N) is 2. The van der Waals surface area contributed by atoms with Crippen LogP contribution in [0, 0.1) is 12.8 Å². The summed E-state index contributed by atoms with van der Waals surface area (Å²) in [6.07, 6.45) is 1.18. The normalized spacial score (nSPS) is 14.1. The summed E-state index contributed by atoms with van der Waals surface area (Å²) in [4.78, 5) is 40.5. The lowest BCUT2D eigenvalue weighted by Crippen LogP contribution is -2.46. The predicted octanol–water partition coefficient (Wildman–Crippen LogP) is 3.34. The average Bonchev–Trinajstić information content (AvgIpc) is 2.75. The predicted molar refractivity (Wildman–Crippen MR) is 117 cm³/mol. The van der Waals surface area contributed by atoms with Crippen molar-refractivity contribution in [3.8, 4) is 0 Å². The van der Waals surface area contributed by atoms with Crippen LogP contribution in [-0.4, -0.2) is 54.3 Å². The third kappa shape index (κ3) is 5.83. The van der Waals surface area contributed by atoms with E-state index in [-0.39, 0.29) is 30.3 Å². The fourth-order valence-corrected chi connectivity index (χ4v) is 3.50. The smallest absolute Gasteiger partial charge is 0.321 e. The molecule has 2 aromatic rings. The van der Waals surface area contributed by atoms with Crippen molar-refractivity contribution in [3.05, 3.63) is 60.2 Å². The van der Waals surface area contributed by atoms with E-state index in [1.165, 1.54) is 4.90 Å². The number of carbonyl (C=O) groups excluding carboxylic acids is 3. The minimum Gasteiger partial charge on any atom is -0.336 e. The van der Waals surface area contributed by atoms with E-state index in [0.717, 1.165) is 11.3 Å². The zero-order chi connectivity index (χ0) is 21.5. The number of carbonyl (C=O) groups is 3. The van der Waals surface area contributed by atoms with E-state index in [4.69, 9.17) is 0 Å². The maximum absolute atomic E-state index is 12.7. The van der Waals surface area contributed by atoms with Crippen LogP contribution in [0.15, 0.2) is 54.6 Å². The van der Waals surface area contributed by atoms with E-state index in [1.54, 1.807) is 11.9 Å². The van der Waals surface area contributed by atoms with E-state index in [2.05, 4.69) is 10.6 Å². The maximum Gasteiger partial charge on any atom is 0.321 e. The maximum atomic E-state index is 12.7. The van der Waals surface area contributed by atoms with E-state index in [9.17, 15) is 14.4 Å². The summed E-state index contributed by atoms with van der Waals surface area (Å²) < 4.78 is 0. The van der Waals surface area contributed by atoms with Gasteiger partial charge in [-0.3, -0.25) is 9.59 Å². The van der Waals surface area contributed by atoms with Gasteiger partial charge < -0.3 is 20.4 Å². The summed E-state index contributed by atoms with van der Waals surface area (Å²) in [6.45, 7) is 3.01. The van der Waals surface area contributed by atoms with Crippen molar-refractivity contribution in [1.29, 1.82) is 0 Å². The second kappa shape index (κ2) is 9.91. The summed E-state index contributed by atoms with van der Waals surface area (Å²) in [5.41, 5.74) is 2.58. The monoisotopic (exact) mass is 408 g/mol. The Balaban J connectivity index is 1.44. The number of urea groups is 1. The van der Waals surface area contributed by atoms with E-state index < -0.39 is 0 Å². The van der Waals surface area contributed by atoms with Gasteiger partial charge in [0.15, 0.2) is 0 Å². The number of rotatable bonds is 5. The summed E-state index contributed by atoms with van der Waals surface area (Å²) in [6, 6.07) is 16.7. The number of piperidine rings is 1.